The monoisotopic (exact) mass is 228 g/mol. The second-order valence-electron chi connectivity index (χ2n) is 4.20. The van der Waals surface area contributed by atoms with Crippen LogP contribution < -0.4 is 0 Å². The van der Waals surface area contributed by atoms with Gasteiger partial charge in [-0.3, -0.25) is 9.59 Å². The molecule has 0 unspecified atom stereocenters. The number of carbonyl (C=O) groups is 2. The molecule has 0 heterocycles. The van der Waals surface area contributed by atoms with Gasteiger partial charge in [-0.05, 0) is 12.8 Å². The zero-order valence-corrected chi connectivity index (χ0v) is 10.0. The molecule has 0 bridgehead atoms. The molecule has 92 valence electrons. The van der Waals surface area contributed by atoms with Gasteiger partial charge in [-0.1, -0.05) is 13.8 Å². The van der Waals surface area contributed by atoms with Gasteiger partial charge >= 0.3 is 11.9 Å². The van der Waals surface area contributed by atoms with E-state index in [1.807, 2.05) is 13.8 Å². The lowest BCUT2D eigenvalue weighted by Crippen LogP contribution is -2.40. The SMILES string of the molecule is CCCC(=O)OC1CC(OC(=O)CCC)C1. The first-order valence-corrected chi connectivity index (χ1v) is 6.04. The molecular weight excluding hydrogens is 208 g/mol. The van der Waals surface area contributed by atoms with Gasteiger partial charge in [-0.25, -0.2) is 0 Å². The Morgan fingerprint density at radius 1 is 0.938 bits per heavy atom. The van der Waals surface area contributed by atoms with Crippen molar-refractivity contribution in [1.82, 2.24) is 0 Å². The Bertz CT molecular complexity index is 219. The van der Waals surface area contributed by atoms with E-state index in [2.05, 4.69) is 0 Å². The highest BCUT2D eigenvalue weighted by Crippen LogP contribution is 2.27. The second-order valence-corrected chi connectivity index (χ2v) is 4.20. The molecule has 0 aromatic rings. The Kier molecular flexibility index (Phi) is 5.29. The van der Waals surface area contributed by atoms with Crippen LogP contribution >= 0.6 is 0 Å². The number of esters is 2. The third-order valence-corrected chi connectivity index (χ3v) is 2.56. The van der Waals surface area contributed by atoms with E-state index in [0.29, 0.717) is 25.7 Å². The van der Waals surface area contributed by atoms with Crippen molar-refractivity contribution in [1.29, 1.82) is 0 Å². The molecule has 16 heavy (non-hydrogen) atoms. The van der Waals surface area contributed by atoms with E-state index in [4.69, 9.17) is 9.47 Å². The van der Waals surface area contributed by atoms with Gasteiger partial charge in [0.1, 0.15) is 12.2 Å². The molecule has 4 heteroatoms. The van der Waals surface area contributed by atoms with E-state index >= 15 is 0 Å². The number of carbonyl (C=O) groups excluding carboxylic acids is 2. The molecule has 0 aliphatic heterocycles. The van der Waals surface area contributed by atoms with Crippen molar-refractivity contribution < 1.29 is 19.1 Å². The van der Waals surface area contributed by atoms with Gasteiger partial charge in [0.05, 0.1) is 0 Å². The predicted molar refractivity (Wildman–Crippen MR) is 58.8 cm³/mol. The van der Waals surface area contributed by atoms with Crippen molar-refractivity contribution >= 4 is 11.9 Å². The fourth-order valence-electron chi connectivity index (χ4n) is 1.61. The van der Waals surface area contributed by atoms with Crippen molar-refractivity contribution in [3.05, 3.63) is 0 Å². The summed E-state index contributed by atoms with van der Waals surface area (Å²) >= 11 is 0. The smallest absolute Gasteiger partial charge is 0.306 e. The van der Waals surface area contributed by atoms with Gasteiger partial charge in [0.2, 0.25) is 0 Å². The third kappa shape index (κ3) is 4.21. The van der Waals surface area contributed by atoms with Gasteiger partial charge in [0.25, 0.3) is 0 Å². The summed E-state index contributed by atoms with van der Waals surface area (Å²) < 4.78 is 10.3. The molecule has 1 rings (SSSR count). The Morgan fingerprint density at radius 3 is 1.62 bits per heavy atom. The Balaban J connectivity index is 2.08. The molecule has 4 nitrogen and oxygen atoms in total. The van der Waals surface area contributed by atoms with Gasteiger partial charge in [0.15, 0.2) is 0 Å². The minimum absolute atomic E-state index is 0.0431. The van der Waals surface area contributed by atoms with Crippen LogP contribution in [-0.2, 0) is 19.1 Å². The molecule has 0 aromatic carbocycles. The molecule has 1 aliphatic carbocycles. The average molecular weight is 228 g/mol. The number of hydrogen-bond acceptors (Lipinski definition) is 4. The maximum Gasteiger partial charge on any atom is 0.306 e. The minimum atomic E-state index is -0.147. The highest BCUT2D eigenvalue weighted by Gasteiger charge is 2.34. The van der Waals surface area contributed by atoms with Crippen LogP contribution in [0.1, 0.15) is 52.4 Å². The summed E-state index contributed by atoms with van der Waals surface area (Å²) in [4.78, 5) is 22.3. The minimum Gasteiger partial charge on any atom is -0.462 e. The molecule has 0 saturated heterocycles. The Hall–Kier alpha value is -1.06. The fraction of sp³-hybridized carbons (Fsp3) is 0.833. The molecule has 1 fully saturated rings. The highest BCUT2D eigenvalue weighted by molar-refractivity contribution is 5.70. The van der Waals surface area contributed by atoms with Crippen molar-refractivity contribution in [2.24, 2.45) is 0 Å². The predicted octanol–water partition coefficient (Wildman–Crippen LogP) is 2.20. The second kappa shape index (κ2) is 6.51. The molecule has 0 aromatic heterocycles. The summed E-state index contributed by atoms with van der Waals surface area (Å²) in [7, 11) is 0. The van der Waals surface area contributed by atoms with E-state index in [-0.39, 0.29) is 24.1 Å². The lowest BCUT2D eigenvalue weighted by molar-refractivity contribution is -0.170. The largest absolute Gasteiger partial charge is 0.462 e. The molecular formula is C12H20O4. The summed E-state index contributed by atoms with van der Waals surface area (Å²) in [5.41, 5.74) is 0. The molecule has 0 radical (unpaired) electrons. The van der Waals surface area contributed by atoms with Crippen LogP contribution in [0.15, 0.2) is 0 Å². The van der Waals surface area contributed by atoms with Crippen LogP contribution in [0.5, 0.6) is 0 Å². The summed E-state index contributed by atoms with van der Waals surface area (Å²) in [5.74, 6) is -0.295. The van der Waals surface area contributed by atoms with Crippen LogP contribution in [0.2, 0.25) is 0 Å². The van der Waals surface area contributed by atoms with E-state index < -0.39 is 0 Å². The summed E-state index contributed by atoms with van der Waals surface area (Å²) in [6, 6.07) is 0. The molecule has 0 atom stereocenters. The highest BCUT2D eigenvalue weighted by atomic mass is 16.6. The van der Waals surface area contributed by atoms with Crippen LogP contribution in [-0.4, -0.2) is 24.1 Å². The third-order valence-electron chi connectivity index (χ3n) is 2.56. The van der Waals surface area contributed by atoms with Gasteiger partial charge in [0, 0.05) is 25.7 Å². The Morgan fingerprint density at radius 2 is 1.31 bits per heavy atom. The standard InChI is InChI=1S/C12H20O4/c1-3-5-11(13)15-9-7-10(8-9)16-12(14)6-4-2/h9-10H,3-8H2,1-2H3. The zero-order valence-electron chi connectivity index (χ0n) is 10.0. The van der Waals surface area contributed by atoms with Crippen LogP contribution in [0.4, 0.5) is 0 Å². The maximum atomic E-state index is 11.1. The van der Waals surface area contributed by atoms with E-state index in [9.17, 15) is 9.59 Å². The summed E-state index contributed by atoms with van der Waals surface area (Å²) in [5, 5.41) is 0. The average Bonchev–Trinajstić information content (AvgIpc) is 2.15. The van der Waals surface area contributed by atoms with Crippen LogP contribution in [0, 0.1) is 0 Å². The number of ether oxygens (including phenoxy) is 2. The van der Waals surface area contributed by atoms with Crippen molar-refractivity contribution in [3.63, 3.8) is 0 Å². The first kappa shape index (κ1) is 13.0. The normalized spacial score (nSPS) is 23.4. The zero-order chi connectivity index (χ0) is 12.0. The van der Waals surface area contributed by atoms with E-state index in [1.54, 1.807) is 0 Å². The molecule has 0 amide bonds. The quantitative estimate of drug-likeness (QED) is 0.654. The van der Waals surface area contributed by atoms with Gasteiger partial charge in [-0.2, -0.15) is 0 Å². The van der Waals surface area contributed by atoms with E-state index in [1.165, 1.54) is 0 Å². The number of rotatable bonds is 6. The lowest BCUT2D eigenvalue weighted by atomic mass is 9.92. The molecule has 1 saturated carbocycles. The van der Waals surface area contributed by atoms with Crippen molar-refractivity contribution in [2.75, 3.05) is 0 Å². The first-order valence-electron chi connectivity index (χ1n) is 6.04. The summed E-state index contributed by atoms with van der Waals surface area (Å²) in [6.45, 7) is 3.88. The topological polar surface area (TPSA) is 52.6 Å². The molecule has 1 aliphatic rings. The first-order chi connectivity index (χ1) is 7.65. The van der Waals surface area contributed by atoms with Gasteiger partial charge in [-0.15, -0.1) is 0 Å². The van der Waals surface area contributed by atoms with Gasteiger partial charge < -0.3 is 9.47 Å². The van der Waals surface area contributed by atoms with Crippen LogP contribution in [0.3, 0.4) is 0 Å². The Labute approximate surface area is 96.3 Å². The van der Waals surface area contributed by atoms with Crippen molar-refractivity contribution in [3.8, 4) is 0 Å². The van der Waals surface area contributed by atoms with Crippen LogP contribution in [0.25, 0.3) is 0 Å². The molecule has 0 spiro atoms. The maximum absolute atomic E-state index is 11.1. The molecule has 0 N–H and O–H groups in total. The number of hydrogen-bond donors (Lipinski definition) is 0. The lowest BCUT2D eigenvalue weighted by Gasteiger charge is -2.33. The fourth-order valence-corrected chi connectivity index (χ4v) is 1.61. The summed E-state index contributed by atoms with van der Waals surface area (Å²) in [6.07, 6.45) is 3.78. The van der Waals surface area contributed by atoms with E-state index in [0.717, 1.165) is 12.8 Å². The van der Waals surface area contributed by atoms with Crippen molar-refractivity contribution in [2.45, 2.75) is 64.6 Å².